The first kappa shape index (κ1) is 17.4. The molecule has 0 bridgehead atoms. The molecule has 1 aliphatic carbocycles. The third kappa shape index (κ3) is 3.13. The largest absolute Gasteiger partial charge is 0.339 e. The highest BCUT2D eigenvalue weighted by Gasteiger charge is 2.49. The Hall–Kier alpha value is -0.990. The molecule has 2 saturated heterocycles. The molecule has 8 heteroatoms. The molecule has 0 N–H and O–H groups in total. The minimum atomic E-state index is -3.04. The average molecular weight is 369 g/mol. The SMILES string of the molecule is CC(C)c1nc(C2CC3(CCN(S(=O)(=O)C4CC4)CC3)CN2C)no1. The van der Waals surface area contributed by atoms with Crippen molar-refractivity contribution in [2.45, 2.75) is 63.2 Å². The van der Waals surface area contributed by atoms with Gasteiger partial charge in [-0.2, -0.15) is 4.98 Å². The van der Waals surface area contributed by atoms with Gasteiger partial charge in [0.1, 0.15) is 0 Å². The van der Waals surface area contributed by atoms with E-state index in [9.17, 15) is 8.42 Å². The number of hydrogen-bond acceptors (Lipinski definition) is 6. The van der Waals surface area contributed by atoms with Crippen LogP contribution in [-0.4, -0.2) is 59.7 Å². The number of nitrogens with zero attached hydrogens (tertiary/aromatic N) is 4. The normalized spacial score (nSPS) is 28.2. The fourth-order valence-corrected chi connectivity index (χ4v) is 6.17. The van der Waals surface area contributed by atoms with Gasteiger partial charge in [-0.1, -0.05) is 19.0 Å². The molecule has 7 nitrogen and oxygen atoms in total. The highest BCUT2D eigenvalue weighted by molar-refractivity contribution is 7.90. The minimum absolute atomic E-state index is 0.102. The van der Waals surface area contributed by atoms with Crippen molar-refractivity contribution in [2.75, 3.05) is 26.7 Å². The van der Waals surface area contributed by atoms with Gasteiger partial charge in [-0.25, -0.2) is 12.7 Å². The molecular formula is C17H28N4O3S. The molecule has 1 spiro atoms. The number of likely N-dealkylation sites (tertiary alicyclic amines) is 1. The maximum Gasteiger partial charge on any atom is 0.229 e. The molecule has 1 saturated carbocycles. The molecule has 0 radical (unpaired) electrons. The molecule has 3 heterocycles. The summed E-state index contributed by atoms with van der Waals surface area (Å²) in [6.07, 6.45) is 4.51. The Kier molecular flexibility index (Phi) is 4.20. The maximum absolute atomic E-state index is 12.5. The Labute approximate surface area is 149 Å². The summed E-state index contributed by atoms with van der Waals surface area (Å²) in [6.45, 7) is 6.38. The molecule has 0 aromatic carbocycles. The number of hydrogen-bond donors (Lipinski definition) is 0. The summed E-state index contributed by atoms with van der Waals surface area (Å²) < 4.78 is 32.0. The van der Waals surface area contributed by atoms with Crippen LogP contribution in [0, 0.1) is 5.41 Å². The average Bonchev–Trinajstić information content (AvgIpc) is 3.23. The van der Waals surface area contributed by atoms with E-state index < -0.39 is 10.0 Å². The standard InChI is InChI=1S/C17H28N4O3S/c1-12(2)16-18-15(19-24-16)14-10-17(11-20(14)3)6-8-21(9-7-17)25(22,23)13-4-5-13/h12-14H,4-11H2,1-3H3. The van der Waals surface area contributed by atoms with Crippen molar-refractivity contribution >= 4 is 10.0 Å². The van der Waals surface area contributed by atoms with Crippen LogP contribution in [-0.2, 0) is 10.0 Å². The summed E-state index contributed by atoms with van der Waals surface area (Å²) in [4.78, 5) is 6.89. The molecule has 2 aliphatic heterocycles. The van der Waals surface area contributed by atoms with E-state index in [1.807, 2.05) is 13.8 Å². The summed E-state index contributed by atoms with van der Waals surface area (Å²) >= 11 is 0. The molecule has 140 valence electrons. The van der Waals surface area contributed by atoms with Crippen molar-refractivity contribution in [3.05, 3.63) is 11.7 Å². The van der Waals surface area contributed by atoms with Gasteiger partial charge in [0, 0.05) is 25.6 Å². The Balaban J connectivity index is 1.44. The summed E-state index contributed by atoms with van der Waals surface area (Å²) in [5.41, 5.74) is 0.174. The van der Waals surface area contributed by atoms with Crippen LogP contribution in [0.4, 0.5) is 0 Å². The molecule has 0 amide bonds. The smallest absolute Gasteiger partial charge is 0.229 e. The highest BCUT2D eigenvalue weighted by atomic mass is 32.2. The first-order valence-corrected chi connectivity index (χ1v) is 10.8. The Bertz CT molecular complexity index is 733. The van der Waals surface area contributed by atoms with Crippen molar-refractivity contribution in [1.82, 2.24) is 19.3 Å². The number of sulfonamides is 1. The molecule has 25 heavy (non-hydrogen) atoms. The lowest BCUT2D eigenvalue weighted by Gasteiger charge is -2.38. The fraction of sp³-hybridized carbons (Fsp3) is 0.882. The molecule has 3 fully saturated rings. The second-order valence-corrected chi connectivity index (χ2v) is 10.6. The molecule has 3 aliphatic rings. The molecule has 1 aromatic rings. The van der Waals surface area contributed by atoms with Crippen molar-refractivity contribution in [2.24, 2.45) is 5.41 Å². The zero-order chi connectivity index (χ0) is 17.8. The van der Waals surface area contributed by atoms with Gasteiger partial charge >= 0.3 is 0 Å². The van der Waals surface area contributed by atoms with Crippen molar-refractivity contribution in [1.29, 1.82) is 0 Å². The molecule has 1 atom stereocenters. The van der Waals surface area contributed by atoms with Crippen molar-refractivity contribution < 1.29 is 12.9 Å². The van der Waals surface area contributed by atoms with Crippen LogP contribution in [0.2, 0.25) is 0 Å². The van der Waals surface area contributed by atoms with Crippen LogP contribution in [0.15, 0.2) is 4.52 Å². The van der Waals surface area contributed by atoms with Gasteiger partial charge in [-0.05, 0) is 44.6 Å². The van der Waals surface area contributed by atoms with E-state index in [1.165, 1.54) is 0 Å². The van der Waals surface area contributed by atoms with Gasteiger partial charge in [0.15, 0.2) is 5.82 Å². The first-order valence-electron chi connectivity index (χ1n) is 9.33. The molecule has 1 unspecified atom stereocenters. The predicted octanol–water partition coefficient (Wildman–Crippen LogP) is 2.14. The third-order valence-corrected chi connectivity index (χ3v) is 8.48. The summed E-state index contributed by atoms with van der Waals surface area (Å²) in [7, 11) is -0.931. The summed E-state index contributed by atoms with van der Waals surface area (Å²) in [5.74, 6) is 1.70. The van der Waals surface area contributed by atoms with E-state index in [2.05, 4.69) is 22.1 Å². The second-order valence-electron chi connectivity index (χ2n) is 8.42. The van der Waals surface area contributed by atoms with Crippen molar-refractivity contribution in [3.8, 4) is 0 Å². The van der Waals surface area contributed by atoms with Gasteiger partial charge in [0.2, 0.25) is 15.9 Å². The van der Waals surface area contributed by atoms with Crippen LogP contribution >= 0.6 is 0 Å². The molecule has 1 aromatic heterocycles. The second kappa shape index (κ2) is 6.03. The van der Waals surface area contributed by atoms with E-state index in [-0.39, 0.29) is 22.6 Å². The predicted molar refractivity (Wildman–Crippen MR) is 93.6 cm³/mol. The van der Waals surface area contributed by atoms with Gasteiger partial charge in [-0.15, -0.1) is 0 Å². The summed E-state index contributed by atoms with van der Waals surface area (Å²) in [6, 6.07) is 0.169. The fourth-order valence-electron chi connectivity index (χ4n) is 4.33. The highest BCUT2D eigenvalue weighted by Crippen LogP contribution is 2.48. The Morgan fingerprint density at radius 3 is 2.48 bits per heavy atom. The molecular weight excluding hydrogens is 340 g/mol. The lowest BCUT2D eigenvalue weighted by molar-refractivity contribution is 0.161. The van der Waals surface area contributed by atoms with E-state index >= 15 is 0 Å². The first-order chi connectivity index (χ1) is 11.8. The monoisotopic (exact) mass is 368 g/mol. The summed E-state index contributed by atoms with van der Waals surface area (Å²) in [5, 5.41) is 4.10. The number of piperidine rings is 1. The maximum atomic E-state index is 12.5. The third-order valence-electron chi connectivity index (χ3n) is 6.08. The van der Waals surface area contributed by atoms with E-state index in [0.717, 1.165) is 44.5 Å². The van der Waals surface area contributed by atoms with Gasteiger partial charge in [0.25, 0.3) is 0 Å². The zero-order valence-corrected chi connectivity index (χ0v) is 16.1. The van der Waals surface area contributed by atoms with Gasteiger partial charge in [0.05, 0.1) is 11.3 Å². The minimum Gasteiger partial charge on any atom is -0.339 e. The van der Waals surface area contributed by atoms with Crippen LogP contribution < -0.4 is 0 Å². The number of rotatable bonds is 4. The van der Waals surface area contributed by atoms with Gasteiger partial charge in [-0.3, -0.25) is 4.90 Å². The van der Waals surface area contributed by atoms with E-state index in [4.69, 9.17) is 4.52 Å². The Morgan fingerprint density at radius 2 is 1.92 bits per heavy atom. The van der Waals surface area contributed by atoms with Crippen molar-refractivity contribution in [3.63, 3.8) is 0 Å². The number of aromatic nitrogens is 2. The topological polar surface area (TPSA) is 79.5 Å². The van der Waals surface area contributed by atoms with Crippen LogP contribution in [0.3, 0.4) is 0 Å². The van der Waals surface area contributed by atoms with Crippen LogP contribution in [0.25, 0.3) is 0 Å². The van der Waals surface area contributed by atoms with Crippen LogP contribution in [0.1, 0.15) is 69.6 Å². The quantitative estimate of drug-likeness (QED) is 0.810. The zero-order valence-electron chi connectivity index (χ0n) is 15.3. The Morgan fingerprint density at radius 1 is 1.24 bits per heavy atom. The van der Waals surface area contributed by atoms with E-state index in [0.29, 0.717) is 19.0 Å². The lowest BCUT2D eigenvalue weighted by atomic mass is 9.77. The van der Waals surface area contributed by atoms with Crippen LogP contribution in [0.5, 0.6) is 0 Å². The molecule has 4 rings (SSSR count). The van der Waals surface area contributed by atoms with Gasteiger partial charge < -0.3 is 4.52 Å². The van der Waals surface area contributed by atoms with E-state index in [1.54, 1.807) is 4.31 Å². The lowest BCUT2D eigenvalue weighted by Crippen LogP contribution is -2.45.